The van der Waals surface area contributed by atoms with Crippen LogP contribution in [-0.2, 0) is 20.8 Å². The van der Waals surface area contributed by atoms with E-state index in [0.717, 1.165) is 38.7 Å². The van der Waals surface area contributed by atoms with Gasteiger partial charge in [0.25, 0.3) is 0 Å². The summed E-state index contributed by atoms with van der Waals surface area (Å²) in [6.45, 7) is 7.46. The highest BCUT2D eigenvalue weighted by Gasteiger charge is 2.48. The van der Waals surface area contributed by atoms with Crippen molar-refractivity contribution < 1.29 is 14.2 Å². The van der Waals surface area contributed by atoms with E-state index in [9.17, 15) is 0 Å². The third-order valence-electron chi connectivity index (χ3n) is 5.07. The second kappa shape index (κ2) is 7.61. The lowest BCUT2D eigenvalue weighted by Gasteiger charge is -2.49. The van der Waals surface area contributed by atoms with Crippen molar-refractivity contribution in [3.63, 3.8) is 0 Å². The van der Waals surface area contributed by atoms with Crippen molar-refractivity contribution in [1.29, 1.82) is 0 Å². The maximum atomic E-state index is 6.45. The Hall–Kier alpha value is -1.16. The largest absolute Gasteiger partial charge is 0.368 e. The molecule has 0 amide bonds. The van der Waals surface area contributed by atoms with Gasteiger partial charge in [0.05, 0.1) is 19.3 Å². The van der Waals surface area contributed by atoms with Gasteiger partial charge in [-0.25, -0.2) is 0 Å². The molecule has 0 bridgehead atoms. The quantitative estimate of drug-likeness (QED) is 0.750. The van der Waals surface area contributed by atoms with E-state index in [4.69, 9.17) is 14.2 Å². The third-order valence-corrected chi connectivity index (χ3v) is 5.07. The zero-order chi connectivity index (χ0) is 16.1. The predicted octanol–water partition coefficient (Wildman–Crippen LogP) is 4.47. The monoisotopic (exact) mass is 316 g/mol. The van der Waals surface area contributed by atoms with Crippen molar-refractivity contribution >= 4 is 0 Å². The number of benzene rings is 1. The minimum Gasteiger partial charge on any atom is -0.368 e. The molecule has 2 aliphatic heterocycles. The van der Waals surface area contributed by atoms with Gasteiger partial charge in [-0.2, -0.15) is 0 Å². The van der Waals surface area contributed by atoms with Crippen LogP contribution in [0.5, 0.6) is 0 Å². The van der Waals surface area contributed by atoms with Crippen LogP contribution in [0.4, 0.5) is 0 Å². The maximum Gasteiger partial charge on any atom is 0.194 e. The Balaban J connectivity index is 1.69. The molecule has 0 aliphatic carbocycles. The highest BCUT2D eigenvalue weighted by atomic mass is 16.7. The SMILES string of the molecule is C=CC(C)[C@H]1CC[C@H](OCc2ccccc2)[C@]2(CCCCO2)O1. The zero-order valence-electron chi connectivity index (χ0n) is 14.1. The lowest BCUT2D eigenvalue weighted by atomic mass is 9.88. The Kier molecular flexibility index (Phi) is 5.52. The molecule has 0 saturated carbocycles. The fourth-order valence-electron chi connectivity index (χ4n) is 3.57. The van der Waals surface area contributed by atoms with Crippen molar-refractivity contribution in [2.75, 3.05) is 6.61 Å². The van der Waals surface area contributed by atoms with Crippen molar-refractivity contribution in [1.82, 2.24) is 0 Å². The van der Waals surface area contributed by atoms with E-state index >= 15 is 0 Å². The molecule has 1 spiro atoms. The van der Waals surface area contributed by atoms with E-state index in [2.05, 4.69) is 25.6 Å². The van der Waals surface area contributed by atoms with Crippen LogP contribution in [-0.4, -0.2) is 24.6 Å². The summed E-state index contributed by atoms with van der Waals surface area (Å²) < 4.78 is 18.8. The molecule has 3 nitrogen and oxygen atoms in total. The molecule has 0 aromatic heterocycles. The molecule has 1 unspecified atom stereocenters. The first-order valence-electron chi connectivity index (χ1n) is 8.83. The van der Waals surface area contributed by atoms with Gasteiger partial charge in [0.1, 0.15) is 6.10 Å². The first-order chi connectivity index (χ1) is 11.2. The van der Waals surface area contributed by atoms with Crippen LogP contribution in [0.2, 0.25) is 0 Å². The van der Waals surface area contributed by atoms with Gasteiger partial charge in [0.2, 0.25) is 0 Å². The number of hydrogen-bond acceptors (Lipinski definition) is 3. The van der Waals surface area contributed by atoms with Crippen LogP contribution < -0.4 is 0 Å². The molecule has 1 aromatic carbocycles. The summed E-state index contributed by atoms with van der Waals surface area (Å²) in [5, 5.41) is 0. The molecule has 0 radical (unpaired) electrons. The minimum atomic E-state index is -0.562. The number of rotatable bonds is 5. The molecule has 1 aromatic rings. The molecule has 2 saturated heterocycles. The molecule has 3 heteroatoms. The Morgan fingerprint density at radius 3 is 2.83 bits per heavy atom. The van der Waals surface area contributed by atoms with Gasteiger partial charge in [0.15, 0.2) is 5.79 Å². The fourth-order valence-corrected chi connectivity index (χ4v) is 3.57. The molecule has 3 rings (SSSR count). The predicted molar refractivity (Wildman–Crippen MR) is 91.0 cm³/mol. The van der Waals surface area contributed by atoms with Crippen LogP contribution >= 0.6 is 0 Å². The smallest absolute Gasteiger partial charge is 0.194 e. The van der Waals surface area contributed by atoms with Crippen molar-refractivity contribution in [3.05, 3.63) is 48.6 Å². The first-order valence-corrected chi connectivity index (χ1v) is 8.83. The summed E-state index contributed by atoms with van der Waals surface area (Å²) in [4.78, 5) is 0. The van der Waals surface area contributed by atoms with Gasteiger partial charge >= 0.3 is 0 Å². The van der Waals surface area contributed by atoms with E-state index in [1.807, 2.05) is 24.3 Å². The third kappa shape index (κ3) is 3.85. The highest BCUT2D eigenvalue weighted by molar-refractivity contribution is 5.13. The van der Waals surface area contributed by atoms with Gasteiger partial charge in [-0.15, -0.1) is 6.58 Å². The normalized spacial score (nSPS) is 32.6. The summed E-state index contributed by atoms with van der Waals surface area (Å²) in [7, 11) is 0. The van der Waals surface area contributed by atoms with Crippen LogP contribution in [0.15, 0.2) is 43.0 Å². The van der Waals surface area contributed by atoms with Crippen LogP contribution in [0.3, 0.4) is 0 Å². The van der Waals surface area contributed by atoms with E-state index in [1.165, 1.54) is 5.56 Å². The Morgan fingerprint density at radius 2 is 2.13 bits per heavy atom. The van der Waals surface area contributed by atoms with Crippen molar-refractivity contribution in [2.45, 2.75) is 63.6 Å². The summed E-state index contributed by atoms with van der Waals surface area (Å²) >= 11 is 0. The number of hydrogen-bond donors (Lipinski definition) is 0. The van der Waals surface area contributed by atoms with Gasteiger partial charge < -0.3 is 14.2 Å². The molecule has 23 heavy (non-hydrogen) atoms. The minimum absolute atomic E-state index is 0.0104. The van der Waals surface area contributed by atoms with Crippen molar-refractivity contribution in [2.24, 2.45) is 5.92 Å². The van der Waals surface area contributed by atoms with E-state index in [0.29, 0.717) is 12.5 Å². The zero-order valence-corrected chi connectivity index (χ0v) is 14.1. The average Bonchev–Trinajstić information content (AvgIpc) is 2.61. The fraction of sp³-hybridized carbons (Fsp3) is 0.600. The van der Waals surface area contributed by atoms with Gasteiger partial charge in [-0.05, 0) is 31.2 Å². The molecule has 0 N–H and O–H groups in total. The summed E-state index contributed by atoms with van der Waals surface area (Å²) in [5.74, 6) is -0.222. The Morgan fingerprint density at radius 1 is 1.30 bits per heavy atom. The lowest BCUT2D eigenvalue weighted by Crippen LogP contribution is -2.56. The van der Waals surface area contributed by atoms with Crippen molar-refractivity contribution in [3.8, 4) is 0 Å². The summed E-state index contributed by atoms with van der Waals surface area (Å²) in [6, 6.07) is 10.3. The average molecular weight is 316 g/mol. The lowest BCUT2D eigenvalue weighted by molar-refractivity contribution is -0.346. The molecular formula is C20H28O3. The van der Waals surface area contributed by atoms with Gasteiger partial charge in [-0.3, -0.25) is 0 Å². The molecule has 2 fully saturated rings. The van der Waals surface area contributed by atoms with Crippen LogP contribution in [0.1, 0.15) is 44.6 Å². The van der Waals surface area contributed by atoms with Gasteiger partial charge in [-0.1, -0.05) is 43.3 Å². The number of ether oxygens (including phenoxy) is 3. The summed E-state index contributed by atoms with van der Waals surface area (Å²) in [6.07, 6.45) is 7.32. The molecule has 4 atom stereocenters. The highest BCUT2D eigenvalue weighted by Crippen LogP contribution is 2.41. The first kappa shape index (κ1) is 16.7. The maximum absolute atomic E-state index is 6.45. The van der Waals surface area contributed by atoms with Crippen LogP contribution in [0.25, 0.3) is 0 Å². The Labute approximate surface area is 139 Å². The molecule has 2 heterocycles. The summed E-state index contributed by atoms with van der Waals surface area (Å²) in [5.41, 5.74) is 1.19. The van der Waals surface area contributed by atoms with E-state index in [-0.39, 0.29) is 12.2 Å². The van der Waals surface area contributed by atoms with E-state index in [1.54, 1.807) is 0 Å². The van der Waals surface area contributed by atoms with Gasteiger partial charge in [0, 0.05) is 12.3 Å². The standard InChI is InChI=1S/C20H28O3/c1-3-16(2)18-11-12-19(20(23-18)13-7-8-14-22-20)21-15-17-9-5-4-6-10-17/h3-6,9-10,16,18-19H,1,7-8,11-15H2,2H3/t16?,18-,19+,20+/m1/s1. The topological polar surface area (TPSA) is 27.7 Å². The molecular weight excluding hydrogens is 288 g/mol. The second-order valence-corrected chi connectivity index (χ2v) is 6.73. The molecule has 2 aliphatic rings. The second-order valence-electron chi connectivity index (χ2n) is 6.73. The van der Waals surface area contributed by atoms with Crippen LogP contribution in [0, 0.1) is 5.92 Å². The van der Waals surface area contributed by atoms with E-state index < -0.39 is 5.79 Å². The Bertz CT molecular complexity index is 493. The molecule has 126 valence electrons.